The molecule has 3 rings (SSSR count). The lowest BCUT2D eigenvalue weighted by Gasteiger charge is -2.20. The van der Waals surface area contributed by atoms with Crippen LogP contribution in [-0.2, 0) is 6.42 Å². The van der Waals surface area contributed by atoms with E-state index in [2.05, 4.69) is 6.07 Å². The summed E-state index contributed by atoms with van der Waals surface area (Å²) in [4.78, 5) is 0. The van der Waals surface area contributed by atoms with Crippen molar-refractivity contribution < 1.29 is 9.47 Å². The van der Waals surface area contributed by atoms with Crippen molar-refractivity contribution in [2.24, 2.45) is 0 Å². The van der Waals surface area contributed by atoms with Crippen molar-refractivity contribution in [3.63, 3.8) is 0 Å². The Morgan fingerprint density at radius 1 is 1.10 bits per heavy atom. The summed E-state index contributed by atoms with van der Waals surface area (Å²) in [5, 5.41) is 10.1. The van der Waals surface area contributed by atoms with Gasteiger partial charge in [-0.15, -0.1) is 0 Å². The van der Waals surface area contributed by atoms with Gasteiger partial charge in [-0.1, -0.05) is 29.8 Å². The first-order valence-corrected chi connectivity index (χ1v) is 7.17. The second-order valence-electron chi connectivity index (χ2n) is 4.92. The zero-order valence-electron chi connectivity index (χ0n) is 11.4. The van der Waals surface area contributed by atoms with Crippen LogP contribution in [-0.4, -0.2) is 13.2 Å². The number of nitrogens with zero attached hydrogens (tertiary/aromatic N) is 1. The SMILES string of the molecule is N#CC(Cc1cccc(Cl)c1)c1ccc2c(c1)OCCO2. The Morgan fingerprint density at radius 3 is 2.67 bits per heavy atom. The Bertz CT molecular complexity index is 693. The van der Waals surface area contributed by atoms with Crippen LogP contribution in [0.2, 0.25) is 5.02 Å². The molecule has 21 heavy (non-hydrogen) atoms. The van der Waals surface area contributed by atoms with E-state index in [0.717, 1.165) is 16.9 Å². The third-order valence-corrected chi connectivity index (χ3v) is 3.69. The lowest BCUT2D eigenvalue weighted by molar-refractivity contribution is 0.171. The second kappa shape index (κ2) is 6.07. The van der Waals surface area contributed by atoms with Crippen LogP contribution in [0.15, 0.2) is 42.5 Å². The van der Waals surface area contributed by atoms with Crippen molar-refractivity contribution in [3.8, 4) is 17.6 Å². The van der Waals surface area contributed by atoms with E-state index in [1.165, 1.54) is 0 Å². The van der Waals surface area contributed by atoms with Crippen LogP contribution < -0.4 is 9.47 Å². The smallest absolute Gasteiger partial charge is 0.161 e. The topological polar surface area (TPSA) is 42.2 Å². The highest BCUT2D eigenvalue weighted by molar-refractivity contribution is 6.30. The molecular formula is C17H14ClNO2. The predicted octanol–water partition coefficient (Wildman–Crippen LogP) is 3.96. The van der Waals surface area contributed by atoms with Crippen molar-refractivity contribution in [1.29, 1.82) is 5.26 Å². The molecule has 0 radical (unpaired) electrons. The fraction of sp³-hybridized carbons (Fsp3) is 0.235. The van der Waals surface area contributed by atoms with Crippen LogP contribution in [0.4, 0.5) is 0 Å². The van der Waals surface area contributed by atoms with Crippen LogP contribution in [0.25, 0.3) is 0 Å². The average molecular weight is 300 g/mol. The van der Waals surface area contributed by atoms with Crippen LogP contribution in [0.1, 0.15) is 17.0 Å². The molecule has 1 atom stereocenters. The fourth-order valence-corrected chi connectivity index (χ4v) is 2.63. The molecule has 106 valence electrons. The van der Waals surface area contributed by atoms with Gasteiger partial charge < -0.3 is 9.47 Å². The number of nitriles is 1. The quantitative estimate of drug-likeness (QED) is 0.861. The van der Waals surface area contributed by atoms with Crippen LogP contribution in [0, 0.1) is 11.3 Å². The van der Waals surface area contributed by atoms with E-state index in [4.69, 9.17) is 21.1 Å². The maximum atomic E-state index is 9.46. The number of benzene rings is 2. The zero-order chi connectivity index (χ0) is 14.7. The summed E-state index contributed by atoms with van der Waals surface area (Å²) in [5.41, 5.74) is 1.98. The van der Waals surface area contributed by atoms with E-state index in [0.29, 0.717) is 30.4 Å². The minimum Gasteiger partial charge on any atom is -0.486 e. The Morgan fingerprint density at radius 2 is 1.90 bits per heavy atom. The van der Waals surface area contributed by atoms with Gasteiger partial charge in [-0.05, 0) is 41.8 Å². The molecule has 0 amide bonds. The first-order chi connectivity index (χ1) is 10.3. The normalized spacial score (nSPS) is 14.3. The van der Waals surface area contributed by atoms with E-state index < -0.39 is 0 Å². The van der Waals surface area contributed by atoms with Gasteiger partial charge in [0.15, 0.2) is 11.5 Å². The van der Waals surface area contributed by atoms with E-state index in [1.54, 1.807) is 0 Å². The van der Waals surface area contributed by atoms with E-state index in [1.807, 2.05) is 42.5 Å². The lowest BCUT2D eigenvalue weighted by Crippen LogP contribution is -2.15. The van der Waals surface area contributed by atoms with Gasteiger partial charge >= 0.3 is 0 Å². The summed E-state index contributed by atoms with van der Waals surface area (Å²) in [6.07, 6.45) is 0.622. The number of fused-ring (bicyclic) bond motifs is 1. The van der Waals surface area contributed by atoms with Crippen molar-refractivity contribution in [1.82, 2.24) is 0 Å². The maximum Gasteiger partial charge on any atom is 0.161 e. The fourth-order valence-electron chi connectivity index (χ4n) is 2.41. The first-order valence-electron chi connectivity index (χ1n) is 6.80. The Kier molecular flexibility index (Phi) is 3.98. The molecule has 1 unspecified atom stereocenters. The van der Waals surface area contributed by atoms with Crippen LogP contribution in [0.3, 0.4) is 0 Å². The summed E-state index contributed by atoms with van der Waals surface area (Å²) in [5.74, 6) is 1.22. The molecular weight excluding hydrogens is 286 g/mol. The van der Waals surface area contributed by atoms with Gasteiger partial charge in [0, 0.05) is 5.02 Å². The molecule has 2 aromatic carbocycles. The van der Waals surface area contributed by atoms with Crippen LogP contribution in [0.5, 0.6) is 11.5 Å². The molecule has 0 aliphatic carbocycles. The van der Waals surface area contributed by atoms with Gasteiger partial charge in [0.1, 0.15) is 13.2 Å². The minimum absolute atomic E-state index is 0.237. The molecule has 3 nitrogen and oxygen atoms in total. The van der Waals surface area contributed by atoms with Crippen molar-refractivity contribution in [2.75, 3.05) is 13.2 Å². The van der Waals surface area contributed by atoms with E-state index >= 15 is 0 Å². The summed E-state index contributed by atoms with van der Waals surface area (Å²) < 4.78 is 11.1. The molecule has 1 aliphatic rings. The Balaban J connectivity index is 1.85. The van der Waals surface area contributed by atoms with Gasteiger partial charge in [0.25, 0.3) is 0 Å². The average Bonchev–Trinajstić information content (AvgIpc) is 2.52. The minimum atomic E-state index is -0.237. The number of halogens is 1. The molecule has 0 spiro atoms. The van der Waals surface area contributed by atoms with Gasteiger partial charge in [0.2, 0.25) is 0 Å². The van der Waals surface area contributed by atoms with Crippen molar-refractivity contribution in [3.05, 3.63) is 58.6 Å². The molecule has 0 aromatic heterocycles. The van der Waals surface area contributed by atoms with E-state index in [-0.39, 0.29) is 5.92 Å². The highest BCUT2D eigenvalue weighted by Crippen LogP contribution is 2.34. The maximum absolute atomic E-state index is 9.46. The third-order valence-electron chi connectivity index (χ3n) is 3.45. The number of hydrogen-bond donors (Lipinski definition) is 0. The van der Waals surface area contributed by atoms with Gasteiger partial charge in [0.05, 0.1) is 12.0 Å². The summed E-state index contributed by atoms with van der Waals surface area (Å²) in [6, 6.07) is 15.6. The first kappa shape index (κ1) is 13.8. The molecule has 0 N–H and O–H groups in total. The van der Waals surface area contributed by atoms with E-state index in [9.17, 15) is 5.26 Å². The van der Waals surface area contributed by atoms with Crippen molar-refractivity contribution >= 4 is 11.6 Å². The molecule has 1 aliphatic heterocycles. The molecule has 0 saturated carbocycles. The number of hydrogen-bond acceptors (Lipinski definition) is 3. The molecule has 1 heterocycles. The third kappa shape index (κ3) is 3.12. The predicted molar refractivity (Wildman–Crippen MR) is 80.9 cm³/mol. The molecule has 0 fully saturated rings. The highest BCUT2D eigenvalue weighted by Gasteiger charge is 2.17. The highest BCUT2D eigenvalue weighted by atomic mass is 35.5. The Labute approximate surface area is 128 Å². The van der Waals surface area contributed by atoms with Crippen molar-refractivity contribution in [2.45, 2.75) is 12.3 Å². The molecule has 0 saturated heterocycles. The Hall–Kier alpha value is -2.18. The summed E-state index contributed by atoms with van der Waals surface area (Å²) in [7, 11) is 0. The zero-order valence-corrected chi connectivity index (χ0v) is 12.1. The molecule has 4 heteroatoms. The van der Waals surface area contributed by atoms with Gasteiger partial charge in [-0.3, -0.25) is 0 Å². The lowest BCUT2D eigenvalue weighted by atomic mass is 9.93. The monoisotopic (exact) mass is 299 g/mol. The summed E-state index contributed by atoms with van der Waals surface area (Å²) >= 11 is 5.99. The van der Waals surface area contributed by atoms with Gasteiger partial charge in [-0.2, -0.15) is 5.26 Å². The molecule has 0 bridgehead atoms. The second-order valence-corrected chi connectivity index (χ2v) is 5.36. The van der Waals surface area contributed by atoms with Crippen LogP contribution >= 0.6 is 11.6 Å². The largest absolute Gasteiger partial charge is 0.486 e. The standard InChI is InChI=1S/C17H14ClNO2/c18-15-3-1-2-12(9-15)8-14(11-19)13-4-5-16-17(10-13)21-7-6-20-16/h1-5,9-10,14H,6-8H2. The number of rotatable bonds is 3. The van der Waals surface area contributed by atoms with Gasteiger partial charge in [-0.25, -0.2) is 0 Å². The molecule has 2 aromatic rings. The number of ether oxygens (including phenoxy) is 2. The summed E-state index contributed by atoms with van der Waals surface area (Å²) in [6.45, 7) is 1.11.